The van der Waals surface area contributed by atoms with Crippen molar-refractivity contribution in [1.29, 1.82) is 0 Å². The summed E-state index contributed by atoms with van der Waals surface area (Å²) in [5.74, 6) is 0. The van der Waals surface area contributed by atoms with Crippen LogP contribution in [0.3, 0.4) is 0 Å². The summed E-state index contributed by atoms with van der Waals surface area (Å²) in [6.45, 7) is 3.54. The maximum Gasteiger partial charge on any atom is 2.00 e. The van der Waals surface area contributed by atoms with Gasteiger partial charge in [0.25, 0.3) is 0 Å². The second-order valence-corrected chi connectivity index (χ2v) is 4.80. The molecule has 0 saturated carbocycles. The van der Waals surface area contributed by atoms with Crippen LogP contribution in [0.25, 0.3) is 0 Å². The molecule has 7 heteroatoms. The van der Waals surface area contributed by atoms with Gasteiger partial charge in [-0.05, 0) is 24.3 Å². The van der Waals surface area contributed by atoms with Crippen molar-refractivity contribution in [2.24, 2.45) is 0 Å². The molecule has 0 saturated heterocycles. The topological polar surface area (TPSA) is 71.0 Å². The fourth-order valence-electron chi connectivity index (χ4n) is 2.36. The molecule has 0 amide bonds. The van der Waals surface area contributed by atoms with Crippen LogP contribution in [0.4, 0.5) is 22.7 Å². The van der Waals surface area contributed by atoms with Gasteiger partial charge in [-0.15, -0.1) is 0 Å². The number of nitrogens with zero attached hydrogens (tertiary/aromatic N) is 2. The molecule has 23 heavy (non-hydrogen) atoms. The van der Waals surface area contributed by atoms with Crippen LogP contribution in [0.1, 0.15) is 0 Å². The van der Waals surface area contributed by atoms with Crippen LogP contribution in [0, 0.1) is 13.3 Å². The van der Waals surface area contributed by atoms with Crippen molar-refractivity contribution in [1.82, 2.24) is 0 Å². The zero-order chi connectivity index (χ0) is 15.4. The minimum absolute atomic E-state index is 0. The normalized spacial score (nSPS) is 13.8. The summed E-state index contributed by atoms with van der Waals surface area (Å²) >= 11 is 0. The van der Waals surface area contributed by atoms with E-state index in [9.17, 15) is 0 Å². The van der Waals surface area contributed by atoms with Crippen molar-refractivity contribution in [2.45, 2.75) is 0 Å². The van der Waals surface area contributed by atoms with Crippen LogP contribution in [-0.4, -0.2) is 23.7 Å². The average Bonchev–Trinajstić information content (AvgIpc) is 3.19. The van der Waals surface area contributed by atoms with E-state index < -0.39 is 0 Å². The van der Waals surface area contributed by atoms with E-state index in [1.165, 1.54) is 0 Å². The number of nitrogens with one attached hydrogen (secondary N) is 2. The minimum atomic E-state index is 0. The Kier molecular flexibility index (Phi) is 6.27. The Morgan fingerprint density at radius 1 is 0.739 bits per heavy atom. The Morgan fingerprint density at radius 3 is 1.52 bits per heavy atom. The quantitative estimate of drug-likeness (QED) is 0.480. The van der Waals surface area contributed by atoms with Gasteiger partial charge < -0.3 is 30.6 Å². The second kappa shape index (κ2) is 8.20. The first-order chi connectivity index (χ1) is 10.8. The standard InChI is InChI=1S/2C8H9N2O.Pt/c2*11-6-10-5-9-7-3-1-2-4-8(7)10;/h2*1-5,9,11H,6H2;/q2*-1;+2. The molecule has 0 bridgehead atoms. The van der Waals surface area contributed by atoms with Gasteiger partial charge in [0, 0.05) is 22.7 Å². The Labute approximate surface area is 150 Å². The maximum absolute atomic E-state index is 8.87. The fourth-order valence-corrected chi connectivity index (χ4v) is 2.36. The summed E-state index contributed by atoms with van der Waals surface area (Å²) in [7, 11) is 0. The molecule has 0 fully saturated rings. The smallest absolute Gasteiger partial charge is 0.514 e. The van der Waals surface area contributed by atoms with E-state index in [1.807, 2.05) is 48.5 Å². The van der Waals surface area contributed by atoms with Gasteiger partial charge in [-0.1, -0.05) is 24.3 Å². The average molecular weight is 493 g/mol. The zero-order valence-electron chi connectivity index (χ0n) is 12.3. The summed E-state index contributed by atoms with van der Waals surface area (Å²) in [5, 5.41) is 23.8. The molecule has 124 valence electrons. The van der Waals surface area contributed by atoms with Crippen LogP contribution < -0.4 is 20.4 Å². The van der Waals surface area contributed by atoms with E-state index in [4.69, 9.17) is 10.2 Å². The second-order valence-electron chi connectivity index (χ2n) is 4.80. The number of fused-ring (bicyclic) bond motifs is 2. The van der Waals surface area contributed by atoms with Crippen LogP contribution in [0.5, 0.6) is 0 Å². The van der Waals surface area contributed by atoms with E-state index in [-0.39, 0.29) is 34.5 Å². The molecular formula is C16H18N4O2Pt. The van der Waals surface area contributed by atoms with Gasteiger partial charge in [0.15, 0.2) is 0 Å². The predicted octanol–water partition coefficient (Wildman–Crippen LogP) is 1.97. The van der Waals surface area contributed by atoms with Gasteiger partial charge in [-0.25, -0.2) is 0 Å². The summed E-state index contributed by atoms with van der Waals surface area (Å²) < 4.78 is 0. The van der Waals surface area contributed by atoms with Gasteiger partial charge in [-0.3, -0.25) is 0 Å². The number of hydrogen-bond donors (Lipinski definition) is 4. The predicted molar refractivity (Wildman–Crippen MR) is 87.9 cm³/mol. The molecule has 0 atom stereocenters. The number of aliphatic hydroxyl groups is 2. The van der Waals surface area contributed by atoms with Crippen molar-refractivity contribution >= 4 is 22.7 Å². The maximum atomic E-state index is 8.87. The van der Waals surface area contributed by atoms with Gasteiger partial charge in [0.2, 0.25) is 0 Å². The van der Waals surface area contributed by atoms with Crippen molar-refractivity contribution in [2.75, 3.05) is 33.9 Å². The molecule has 4 rings (SSSR count). The number of benzene rings is 2. The first kappa shape index (κ1) is 17.6. The Hall–Kier alpha value is -1.75. The van der Waals surface area contributed by atoms with Crippen LogP contribution in [0.15, 0.2) is 48.5 Å². The number of anilines is 4. The van der Waals surface area contributed by atoms with E-state index in [0.29, 0.717) is 0 Å². The Balaban J connectivity index is 0.000000160. The third kappa shape index (κ3) is 3.78. The molecule has 0 aliphatic carbocycles. The van der Waals surface area contributed by atoms with Crippen molar-refractivity contribution < 1.29 is 31.3 Å². The fraction of sp³-hybridized carbons (Fsp3) is 0.125. The van der Waals surface area contributed by atoms with Crippen molar-refractivity contribution in [3.8, 4) is 0 Å². The molecule has 0 unspecified atom stereocenters. The van der Waals surface area contributed by atoms with Crippen LogP contribution >= 0.6 is 0 Å². The Bertz CT molecular complexity index is 585. The summed E-state index contributed by atoms with van der Waals surface area (Å²) in [6, 6.07) is 15.7. The summed E-state index contributed by atoms with van der Waals surface area (Å²) in [4.78, 5) is 3.49. The molecular weight excluding hydrogens is 475 g/mol. The van der Waals surface area contributed by atoms with Crippen LogP contribution in [-0.2, 0) is 21.1 Å². The third-order valence-corrected chi connectivity index (χ3v) is 3.48. The third-order valence-electron chi connectivity index (χ3n) is 3.48. The van der Waals surface area contributed by atoms with Gasteiger partial charge in [0.05, 0.1) is 13.5 Å². The minimum Gasteiger partial charge on any atom is -0.514 e. The van der Waals surface area contributed by atoms with Gasteiger partial charge >= 0.3 is 21.1 Å². The number of hydrogen-bond acceptors (Lipinski definition) is 6. The molecule has 0 radical (unpaired) electrons. The molecule has 2 aromatic rings. The summed E-state index contributed by atoms with van der Waals surface area (Å²) in [6.07, 6.45) is 0. The number of aliphatic hydroxyl groups excluding tert-OH is 2. The zero-order valence-corrected chi connectivity index (χ0v) is 14.6. The molecule has 2 heterocycles. The van der Waals surface area contributed by atoms with E-state index in [0.717, 1.165) is 22.7 Å². The largest absolute Gasteiger partial charge is 2.00 e. The number of rotatable bonds is 2. The molecule has 0 aromatic heterocycles. The van der Waals surface area contributed by atoms with Gasteiger partial charge in [0.1, 0.15) is 0 Å². The first-order valence-electron chi connectivity index (χ1n) is 6.96. The van der Waals surface area contributed by atoms with E-state index in [2.05, 4.69) is 10.6 Å². The summed E-state index contributed by atoms with van der Waals surface area (Å²) in [5.41, 5.74) is 4.13. The first-order valence-corrected chi connectivity index (χ1v) is 6.96. The van der Waals surface area contributed by atoms with Crippen molar-refractivity contribution in [3.05, 3.63) is 61.9 Å². The molecule has 6 nitrogen and oxygen atoms in total. The molecule has 2 aliphatic rings. The van der Waals surface area contributed by atoms with E-state index >= 15 is 0 Å². The van der Waals surface area contributed by atoms with Crippen LogP contribution in [0.2, 0.25) is 0 Å². The number of para-hydroxylation sites is 4. The monoisotopic (exact) mass is 493 g/mol. The molecule has 4 N–H and O–H groups in total. The Morgan fingerprint density at radius 2 is 1.13 bits per heavy atom. The molecule has 2 aromatic carbocycles. The molecule has 0 spiro atoms. The molecule has 2 aliphatic heterocycles. The van der Waals surface area contributed by atoms with Gasteiger partial charge in [-0.2, -0.15) is 13.3 Å². The van der Waals surface area contributed by atoms with E-state index in [1.54, 1.807) is 23.1 Å². The SMILES string of the molecule is OCN1[CH-]Nc2ccccc21.OCN1[CH-]Nc2ccccc21.[Pt+2]. The van der Waals surface area contributed by atoms with Crippen molar-refractivity contribution in [3.63, 3.8) is 0 Å².